The van der Waals surface area contributed by atoms with Gasteiger partial charge in [-0.05, 0) is 65.9 Å². The molecule has 11 nitrogen and oxygen atoms in total. The van der Waals surface area contributed by atoms with Gasteiger partial charge >= 0.3 is 0 Å². The fraction of sp³-hybridized carbons (Fsp3) is 0.346. The molecule has 6 heterocycles. The molecule has 6 rings (SSSR count). The third-order valence-corrected chi connectivity index (χ3v) is 7.01. The lowest BCUT2D eigenvalue weighted by Gasteiger charge is -2.31. The summed E-state index contributed by atoms with van der Waals surface area (Å²) in [5, 5.41) is 14.8. The number of aromatic nitrogens is 9. The summed E-state index contributed by atoms with van der Waals surface area (Å²) in [5.74, 6) is 2.35. The molecule has 37 heavy (non-hydrogen) atoms. The van der Waals surface area contributed by atoms with E-state index in [9.17, 15) is 0 Å². The van der Waals surface area contributed by atoms with Gasteiger partial charge in [0.15, 0.2) is 11.5 Å². The molecule has 0 saturated carbocycles. The maximum absolute atomic E-state index is 4.79. The first kappa shape index (κ1) is 23.0. The van der Waals surface area contributed by atoms with Crippen LogP contribution in [0.4, 0.5) is 17.3 Å². The van der Waals surface area contributed by atoms with Crippen LogP contribution in [0.15, 0.2) is 55.4 Å². The number of rotatable bonds is 6. The van der Waals surface area contributed by atoms with Crippen LogP contribution in [0.3, 0.4) is 0 Å². The minimum absolute atomic E-state index is 0.426. The molecule has 0 spiro atoms. The number of tetrazole rings is 1. The van der Waals surface area contributed by atoms with Crippen LogP contribution >= 0.6 is 0 Å². The smallest absolute Gasteiger partial charge is 0.225 e. The third-order valence-electron chi connectivity index (χ3n) is 7.01. The number of fused-ring (bicyclic) bond motifs is 1. The second kappa shape index (κ2) is 9.57. The number of pyridine rings is 2. The number of hydrogen-bond donors (Lipinski definition) is 1. The van der Waals surface area contributed by atoms with E-state index >= 15 is 0 Å². The van der Waals surface area contributed by atoms with Crippen LogP contribution in [0.25, 0.3) is 11.5 Å². The van der Waals surface area contributed by atoms with E-state index in [0.717, 1.165) is 54.6 Å². The molecule has 11 heteroatoms. The van der Waals surface area contributed by atoms with E-state index in [-0.39, 0.29) is 0 Å². The predicted octanol–water partition coefficient (Wildman–Crippen LogP) is 4.05. The number of imidazole rings is 1. The van der Waals surface area contributed by atoms with Crippen LogP contribution in [-0.2, 0) is 0 Å². The number of piperidine rings is 1. The molecule has 0 unspecified atom stereocenters. The minimum Gasteiger partial charge on any atom is -0.351 e. The van der Waals surface area contributed by atoms with Crippen molar-refractivity contribution in [3.8, 4) is 5.82 Å². The van der Waals surface area contributed by atoms with Gasteiger partial charge in [-0.15, -0.1) is 5.10 Å². The highest BCUT2D eigenvalue weighted by Gasteiger charge is 2.25. The average Bonchev–Trinajstić information content (AvgIpc) is 3.61. The van der Waals surface area contributed by atoms with E-state index in [1.807, 2.05) is 43.7 Å². The van der Waals surface area contributed by atoms with Crippen LogP contribution in [0.1, 0.15) is 55.5 Å². The first-order valence-electron chi connectivity index (χ1n) is 12.6. The molecule has 0 radical (unpaired) electrons. The summed E-state index contributed by atoms with van der Waals surface area (Å²) in [4.78, 5) is 20.9. The van der Waals surface area contributed by atoms with Crippen molar-refractivity contribution in [2.75, 3.05) is 23.3 Å². The molecule has 188 valence electrons. The maximum atomic E-state index is 4.79. The van der Waals surface area contributed by atoms with Crippen LogP contribution in [0.5, 0.6) is 0 Å². The van der Waals surface area contributed by atoms with E-state index in [2.05, 4.69) is 71.2 Å². The minimum atomic E-state index is 0.426. The van der Waals surface area contributed by atoms with Crippen molar-refractivity contribution in [3.05, 3.63) is 72.3 Å². The Hall–Kier alpha value is -4.41. The summed E-state index contributed by atoms with van der Waals surface area (Å²) in [6.45, 7) is 8.13. The predicted molar refractivity (Wildman–Crippen MR) is 140 cm³/mol. The molecule has 5 aromatic rings. The first-order valence-corrected chi connectivity index (χ1v) is 12.6. The lowest BCUT2D eigenvalue weighted by Crippen LogP contribution is -2.34. The van der Waals surface area contributed by atoms with Crippen molar-refractivity contribution in [2.24, 2.45) is 0 Å². The molecule has 1 aliphatic rings. The Morgan fingerprint density at radius 1 is 0.973 bits per heavy atom. The summed E-state index contributed by atoms with van der Waals surface area (Å²) in [6, 6.07) is 7.97. The zero-order chi connectivity index (χ0) is 25.4. The second-order valence-electron chi connectivity index (χ2n) is 9.71. The van der Waals surface area contributed by atoms with Gasteiger partial charge in [-0.25, -0.2) is 19.9 Å². The standard InChI is InChI=1S/C26H29N11/c1-17(2)20-13-28-26(29-14-20)35-11-8-19(9-12-35)23-15-27-25-22(5-4-10-36(23)25)32-21-6-7-24(31-18(21)3)37-16-30-33-34-37/h4-7,10,13-17,19,32H,8-9,11-12H2,1-3H3. The van der Waals surface area contributed by atoms with Crippen molar-refractivity contribution in [1.82, 2.24) is 44.5 Å². The Kier molecular flexibility index (Phi) is 5.95. The molecular weight excluding hydrogens is 466 g/mol. The molecule has 0 bridgehead atoms. The number of anilines is 3. The average molecular weight is 496 g/mol. The zero-order valence-corrected chi connectivity index (χ0v) is 21.2. The van der Waals surface area contributed by atoms with Gasteiger partial charge in [0.1, 0.15) is 6.33 Å². The first-order chi connectivity index (χ1) is 18.1. The van der Waals surface area contributed by atoms with Crippen LogP contribution in [0.2, 0.25) is 0 Å². The molecule has 5 aromatic heterocycles. The third kappa shape index (κ3) is 4.48. The normalized spacial score (nSPS) is 14.5. The van der Waals surface area contributed by atoms with Gasteiger partial charge in [0.25, 0.3) is 0 Å². The lowest BCUT2D eigenvalue weighted by atomic mass is 9.94. The Labute approximate surface area is 214 Å². The number of hydrogen-bond acceptors (Lipinski definition) is 9. The number of aryl methyl sites for hydroxylation is 1. The van der Waals surface area contributed by atoms with E-state index in [4.69, 9.17) is 4.98 Å². The lowest BCUT2D eigenvalue weighted by molar-refractivity contribution is 0.488. The van der Waals surface area contributed by atoms with Crippen molar-refractivity contribution in [2.45, 2.75) is 45.4 Å². The quantitative estimate of drug-likeness (QED) is 0.372. The summed E-state index contributed by atoms with van der Waals surface area (Å²) < 4.78 is 3.74. The van der Waals surface area contributed by atoms with Gasteiger partial charge < -0.3 is 14.6 Å². The SMILES string of the molecule is Cc1nc(-n2cnnn2)ccc1Nc1cccn2c(C3CCN(c4ncc(C(C)C)cn4)CC3)cnc12. The second-order valence-corrected chi connectivity index (χ2v) is 9.71. The van der Waals surface area contributed by atoms with Gasteiger partial charge in [-0.3, -0.25) is 0 Å². The summed E-state index contributed by atoms with van der Waals surface area (Å²) in [7, 11) is 0. The van der Waals surface area contributed by atoms with Crippen molar-refractivity contribution < 1.29 is 0 Å². The Morgan fingerprint density at radius 3 is 2.49 bits per heavy atom. The van der Waals surface area contributed by atoms with Crippen molar-refractivity contribution >= 4 is 23.0 Å². The molecule has 0 amide bonds. The molecule has 1 N–H and O–H groups in total. The summed E-state index contributed by atoms with van der Waals surface area (Å²) in [6.07, 6.45) is 11.6. The van der Waals surface area contributed by atoms with Crippen molar-refractivity contribution in [1.29, 1.82) is 0 Å². The van der Waals surface area contributed by atoms with Gasteiger partial charge in [0.05, 0.1) is 17.1 Å². The fourth-order valence-electron chi connectivity index (χ4n) is 4.82. The molecule has 0 atom stereocenters. The van der Waals surface area contributed by atoms with Crippen LogP contribution in [0, 0.1) is 6.92 Å². The van der Waals surface area contributed by atoms with Gasteiger partial charge in [0, 0.05) is 49.5 Å². The van der Waals surface area contributed by atoms with E-state index in [1.54, 1.807) is 0 Å². The molecule has 1 fully saturated rings. The number of nitrogens with zero attached hydrogens (tertiary/aromatic N) is 10. The van der Waals surface area contributed by atoms with Crippen molar-refractivity contribution in [3.63, 3.8) is 0 Å². The Balaban J connectivity index is 1.18. The van der Waals surface area contributed by atoms with Gasteiger partial charge in [-0.1, -0.05) is 13.8 Å². The fourth-order valence-corrected chi connectivity index (χ4v) is 4.82. The molecule has 1 saturated heterocycles. The van der Waals surface area contributed by atoms with E-state index < -0.39 is 0 Å². The summed E-state index contributed by atoms with van der Waals surface area (Å²) >= 11 is 0. The highest BCUT2D eigenvalue weighted by Crippen LogP contribution is 2.32. The van der Waals surface area contributed by atoms with E-state index in [0.29, 0.717) is 17.7 Å². The Morgan fingerprint density at radius 2 is 1.78 bits per heavy atom. The summed E-state index contributed by atoms with van der Waals surface area (Å²) in [5.41, 5.74) is 5.99. The molecular formula is C26H29N11. The monoisotopic (exact) mass is 495 g/mol. The Bertz CT molecular complexity index is 1500. The molecule has 0 aliphatic carbocycles. The molecule has 1 aliphatic heterocycles. The van der Waals surface area contributed by atoms with E-state index in [1.165, 1.54) is 22.3 Å². The zero-order valence-electron chi connectivity index (χ0n) is 21.2. The van der Waals surface area contributed by atoms with Gasteiger partial charge in [0.2, 0.25) is 5.95 Å². The highest BCUT2D eigenvalue weighted by atomic mass is 15.5. The topological polar surface area (TPSA) is 115 Å². The van der Waals surface area contributed by atoms with Crippen LogP contribution in [-0.4, -0.2) is 57.6 Å². The van der Waals surface area contributed by atoms with Gasteiger partial charge in [-0.2, -0.15) is 4.68 Å². The van der Waals surface area contributed by atoms with Crippen LogP contribution < -0.4 is 10.2 Å². The molecule has 0 aromatic carbocycles. The maximum Gasteiger partial charge on any atom is 0.225 e. The highest BCUT2D eigenvalue weighted by molar-refractivity contribution is 5.75. The number of nitrogens with one attached hydrogen (secondary N) is 1. The largest absolute Gasteiger partial charge is 0.351 e.